The van der Waals surface area contributed by atoms with E-state index in [2.05, 4.69) is 13.2 Å². The number of aromatic carboxylic acids is 1. The van der Waals surface area contributed by atoms with Crippen LogP contribution in [0.15, 0.2) is 42.3 Å². The molecule has 0 saturated heterocycles. The molecule has 1 heterocycles. The highest BCUT2D eigenvalue weighted by Gasteiger charge is 2.12. The van der Waals surface area contributed by atoms with Gasteiger partial charge in [-0.3, -0.25) is 0 Å². The molecular weight excluding hydrogens is 271 g/mol. The number of hydrogen-bond acceptors (Lipinski definition) is 5. The third-order valence-corrected chi connectivity index (χ3v) is 2.20. The van der Waals surface area contributed by atoms with Gasteiger partial charge in [0, 0.05) is 5.56 Å². The summed E-state index contributed by atoms with van der Waals surface area (Å²) in [5.74, 6) is -1.03. The van der Waals surface area contributed by atoms with Gasteiger partial charge in [-0.25, -0.2) is 4.79 Å². The van der Waals surface area contributed by atoms with Crippen LogP contribution in [0.5, 0.6) is 0 Å². The van der Waals surface area contributed by atoms with Crippen LogP contribution >= 0.6 is 9.03 Å². The van der Waals surface area contributed by atoms with Crippen molar-refractivity contribution in [3.05, 3.63) is 49.0 Å². The monoisotopic (exact) mass is 288 g/mol. The molecule has 2 N–H and O–H groups in total. The molecule has 1 atom stereocenters. The summed E-state index contributed by atoms with van der Waals surface area (Å²) in [4.78, 5) is 10.7. The minimum absolute atomic E-state index is 0.0833. The van der Waals surface area contributed by atoms with Gasteiger partial charge in [0.2, 0.25) is 0 Å². The van der Waals surface area contributed by atoms with E-state index in [1.807, 2.05) is 0 Å². The van der Waals surface area contributed by atoms with E-state index in [-0.39, 0.29) is 27.8 Å². The molecule has 0 aliphatic carbocycles. The van der Waals surface area contributed by atoms with Crippen molar-refractivity contribution in [1.82, 2.24) is 0 Å². The zero-order chi connectivity index (χ0) is 14.5. The van der Waals surface area contributed by atoms with E-state index in [1.54, 1.807) is 6.08 Å². The van der Waals surface area contributed by atoms with E-state index in [0.717, 1.165) is 0 Å². The predicted octanol–water partition coefficient (Wildman–Crippen LogP) is 2.37. The molecule has 0 amide bonds. The number of hydrogen-bond donors (Lipinski definition) is 2. The molecule has 19 heavy (non-hydrogen) atoms. The van der Waals surface area contributed by atoms with E-state index >= 15 is 0 Å². The first-order valence-electron chi connectivity index (χ1n) is 5.26. The Balaban J connectivity index is 0.000000711. The molecule has 0 aliphatic heterocycles. The first-order chi connectivity index (χ1) is 9.17. The normalized spacial score (nSPS) is 9.95. The number of carboxylic acid groups (broad SMARTS) is 1. The maximum atomic E-state index is 10.7. The highest BCUT2D eigenvalue weighted by atomic mass is 31.1. The largest absolute Gasteiger partial charge is 0.478 e. The van der Waals surface area contributed by atoms with Crippen molar-refractivity contribution in [3.8, 4) is 0 Å². The van der Waals surface area contributed by atoms with Gasteiger partial charge in [0.1, 0.15) is 11.8 Å². The second kappa shape index (κ2) is 11.6. The average Bonchev–Trinajstić information content (AvgIpc) is 2.87. The lowest BCUT2D eigenvalue weighted by atomic mass is 10.2. The quantitative estimate of drug-likeness (QED) is 0.433. The van der Waals surface area contributed by atoms with E-state index < -0.39 is 5.97 Å². The minimum Gasteiger partial charge on any atom is -0.478 e. The van der Waals surface area contributed by atoms with Crippen LogP contribution in [0.3, 0.4) is 0 Å². The number of furan rings is 1. The van der Waals surface area contributed by atoms with Crippen molar-refractivity contribution in [1.29, 1.82) is 0 Å². The van der Waals surface area contributed by atoms with E-state index in [1.165, 1.54) is 18.6 Å². The van der Waals surface area contributed by atoms with Crippen molar-refractivity contribution in [2.45, 2.75) is 6.61 Å². The number of aliphatic hydroxyl groups excluding tert-OH is 1. The van der Waals surface area contributed by atoms with Gasteiger partial charge in [-0.2, -0.15) is 0 Å². The summed E-state index contributed by atoms with van der Waals surface area (Å²) in [5, 5.41) is 16.5. The molecule has 0 saturated carbocycles. The topological polar surface area (TPSA) is 89.1 Å². The molecule has 1 aromatic rings. The average molecular weight is 288 g/mol. The van der Waals surface area contributed by atoms with Crippen LogP contribution in [0.2, 0.25) is 0 Å². The number of aliphatic hydroxyl groups is 1. The van der Waals surface area contributed by atoms with Gasteiger partial charge < -0.3 is 23.7 Å². The molecule has 0 aromatic carbocycles. The second-order valence-electron chi connectivity index (χ2n) is 3.06. The zero-order valence-electron chi connectivity index (χ0n) is 10.4. The minimum atomic E-state index is -1.03. The highest BCUT2D eigenvalue weighted by molar-refractivity contribution is 7.26. The van der Waals surface area contributed by atoms with Crippen LogP contribution in [0.25, 0.3) is 0 Å². The molecule has 1 aromatic heterocycles. The van der Waals surface area contributed by atoms with E-state index in [0.29, 0.717) is 12.2 Å². The lowest BCUT2D eigenvalue weighted by Gasteiger charge is -2.01. The van der Waals surface area contributed by atoms with Crippen LogP contribution < -0.4 is 0 Å². The Morgan fingerprint density at radius 1 is 1.37 bits per heavy atom. The molecule has 0 bridgehead atoms. The molecular formula is C12H17O6P. The second-order valence-corrected chi connectivity index (χ2v) is 3.80. The Morgan fingerprint density at radius 2 is 2.05 bits per heavy atom. The third kappa shape index (κ3) is 8.29. The van der Waals surface area contributed by atoms with Crippen molar-refractivity contribution in [3.63, 3.8) is 0 Å². The van der Waals surface area contributed by atoms with Crippen molar-refractivity contribution < 1.29 is 28.5 Å². The maximum absolute atomic E-state index is 10.7. The van der Waals surface area contributed by atoms with Crippen molar-refractivity contribution in [2.24, 2.45) is 0 Å². The summed E-state index contributed by atoms with van der Waals surface area (Å²) >= 11 is 0. The molecule has 0 radical (unpaired) electrons. The molecule has 6 nitrogen and oxygen atoms in total. The molecule has 0 fully saturated rings. The summed E-state index contributed by atoms with van der Waals surface area (Å²) in [6.45, 7) is 7.36. The molecule has 0 aliphatic rings. The SMILES string of the molecule is C=CCO.C=CCOPOCc1cocc1C(=O)O. The summed E-state index contributed by atoms with van der Waals surface area (Å²) in [6.07, 6.45) is 5.56. The van der Waals surface area contributed by atoms with Crippen LogP contribution in [0, 0.1) is 0 Å². The Labute approximate surface area is 113 Å². The summed E-state index contributed by atoms with van der Waals surface area (Å²) in [7, 11) is -0.139. The van der Waals surface area contributed by atoms with E-state index in [4.69, 9.17) is 23.7 Å². The van der Waals surface area contributed by atoms with Crippen molar-refractivity contribution in [2.75, 3.05) is 13.2 Å². The lowest BCUT2D eigenvalue weighted by Crippen LogP contribution is -1.98. The molecule has 1 unspecified atom stereocenters. The number of rotatable bonds is 8. The van der Waals surface area contributed by atoms with Crippen LogP contribution in [-0.4, -0.2) is 29.4 Å². The van der Waals surface area contributed by atoms with Gasteiger partial charge in [0.05, 0.1) is 26.1 Å². The van der Waals surface area contributed by atoms with Crippen molar-refractivity contribution >= 4 is 15.0 Å². The van der Waals surface area contributed by atoms with Crippen LogP contribution in [0.1, 0.15) is 15.9 Å². The van der Waals surface area contributed by atoms with Gasteiger partial charge in [0.15, 0.2) is 9.03 Å². The highest BCUT2D eigenvalue weighted by Crippen LogP contribution is 2.19. The Kier molecular flexibility index (Phi) is 10.7. The fourth-order valence-electron chi connectivity index (χ4n) is 0.865. The zero-order valence-corrected chi connectivity index (χ0v) is 11.4. The van der Waals surface area contributed by atoms with Gasteiger partial charge in [0.25, 0.3) is 0 Å². The summed E-state index contributed by atoms with van der Waals surface area (Å²) in [6, 6.07) is 0. The third-order valence-electron chi connectivity index (χ3n) is 1.65. The van der Waals surface area contributed by atoms with Crippen LogP contribution in [-0.2, 0) is 15.7 Å². The fourth-order valence-corrected chi connectivity index (χ4v) is 1.35. The maximum Gasteiger partial charge on any atom is 0.339 e. The standard InChI is InChI=1S/C9H11O5P.C3H6O/c1-2-3-13-15-14-5-7-4-12-6-8(7)9(10)11;1-2-3-4/h2,4,6,15H,1,3,5H2,(H,10,11);2,4H,1,3H2. The molecule has 7 heteroatoms. The predicted molar refractivity (Wildman–Crippen MR) is 72.2 cm³/mol. The Bertz CT molecular complexity index is 387. The number of carbonyl (C=O) groups is 1. The first-order valence-corrected chi connectivity index (χ1v) is 6.08. The molecule has 106 valence electrons. The van der Waals surface area contributed by atoms with Crippen LogP contribution in [0.4, 0.5) is 0 Å². The Hall–Kier alpha value is -1.46. The smallest absolute Gasteiger partial charge is 0.339 e. The Morgan fingerprint density at radius 3 is 2.58 bits per heavy atom. The lowest BCUT2D eigenvalue weighted by molar-refractivity contribution is 0.0693. The molecule has 1 rings (SSSR count). The van der Waals surface area contributed by atoms with Gasteiger partial charge >= 0.3 is 5.97 Å². The van der Waals surface area contributed by atoms with Gasteiger partial charge in [-0.1, -0.05) is 12.2 Å². The summed E-state index contributed by atoms with van der Waals surface area (Å²) < 4.78 is 14.9. The molecule has 0 spiro atoms. The van der Waals surface area contributed by atoms with E-state index in [9.17, 15) is 4.79 Å². The van der Waals surface area contributed by atoms with Gasteiger partial charge in [-0.05, 0) is 0 Å². The summed E-state index contributed by atoms with van der Waals surface area (Å²) in [5.41, 5.74) is 0.612. The first kappa shape index (κ1) is 17.5. The number of carboxylic acids is 1. The fraction of sp³-hybridized carbons (Fsp3) is 0.250. The van der Waals surface area contributed by atoms with Gasteiger partial charge in [-0.15, -0.1) is 13.2 Å².